The van der Waals surface area contributed by atoms with Crippen molar-refractivity contribution >= 4 is 11.6 Å². The SMILES string of the molecule is O=C(CN1CCCCC1CCN1CCOCC1)N1CCc2ccccc21. The summed E-state index contributed by atoms with van der Waals surface area (Å²) >= 11 is 0. The lowest BCUT2D eigenvalue weighted by Gasteiger charge is -2.37. The lowest BCUT2D eigenvalue weighted by molar-refractivity contribution is -0.120. The molecular weight excluding hydrogens is 326 g/mol. The van der Waals surface area contributed by atoms with E-state index in [4.69, 9.17) is 4.74 Å². The maximum Gasteiger partial charge on any atom is 0.241 e. The van der Waals surface area contributed by atoms with Gasteiger partial charge in [-0.3, -0.25) is 14.6 Å². The van der Waals surface area contributed by atoms with Crippen LogP contribution in [0.2, 0.25) is 0 Å². The van der Waals surface area contributed by atoms with Crippen molar-refractivity contribution in [2.45, 2.75) is 38.1 Å². The van der Waals surface area contributed by atoms with Gasteiger partial charge in [0.25, 0.3) is 0 Å². The van der Waals surface area contributed by atoms with E-state index in [1.807, 2.05) is 11.0 Å². The maximum absolute atomic E-state index is 13.0. The molecule has 5 nitrogen and oxygen atoms in total. The van der Waals surface area contributed by atoms with Crippen LogP contribution in [0.5, 0.6) is 0 Å². The Morgan fingerprint density at radius 1 is 1.08 bits per heavy atom. The first-order valence-electron chi connectivity index (χ1n) is 10.2. The molecule has 0 N–H and O–H groups in total. The second-order valence-corrected chi connectivity index (χ2v) is 7.79. The summed E-state index contributed by atoms with van der Waals surface area (Å²) in [5.74, 6) is 0.272. The summed E-state index contributed by atoms with van der Waals surface area (Å²) in [6.45, 7) is 7.43. The van der Waals surface area contributed by atoms with Gasteiger partial charge >= 0.3 is 0 Å². The third-order valence-corrected chi connectivity index (χ3v) is 6.16. The van der Waals surface area contributed by atoms with Crippen molar-refractivity contribution in [2.24, 2.45) is 0 Å². The number of hydrogen-bond acceptors (Lipinski definition) is 4. The van der Waals surface area contributed by atoms with Crippen LogP contribution in [-0.2, 0) is 16.0 Å². The molecule has 0 aromatic heterocycles. The van der Waals surface area contributed by atoms with Crippen molar-refractivity contribution in [2.75, 3.05) is 57.4 Å². The smallest absolute Gasteiger partial charge is 0.241 e. The van der Waals surface area contributed by atoms with Crippen molar-refractivity contribution in [3.63, 3.8) is 0 Å². The van der Waals surface area contributed by atoms with Crippen LogP contribution >= 0.6 is 0 Å². The number of benzene rings is 1. The summed E-state index contributed by atoms with van der Waals surface area (Å²) in [5, 5.41) is 0. The molecule has 1 aromatic rings. The van der Waals surface area contributed by atoms with Gasteiger partial charge in [-0.1, -0.05) is 24.6 Å². The van der Waals surface area contributed by atoms with E-state index in [0.29, 0.717) is 12.6 Å². The number of piperidine rings is 1. The molecule has 0 radical (unpaired) electrons. The van der Waals surface area contributed by atoms with Gasteiger partial charge in [-0.25, -0.2) is 0 Å². The Morgan fingerprint density at radius 3 is 2.81 bits per heavy atom. The van der Waals surface area contributed by atoms with Crippen LogP contribution in [0.25, 0.3) is 0 Å². The fraction of sp³-hybridized carbons (Fsp3) is 0.667. The number of carbonyl (C=O) groups excluding carboxylic acids is 1. The Morgan fingerprint density at radius 2 is 1.92 bits per heavy atom. The highest BCUT2D eigenvalue weighted by Gasteiger charge is 2.29. The molecule has 1 atom stereocenters. The van der Waals surface area contributed by atoms with Gasteiger partial charge in [-0.15, -0.1) is 0 Å². The molecule has 3 aliphatic rings. The molecule has 3 heterocycles. The highest BCUT2D eigenvalue weighted by molar-refractivity contribution is 5.96. The Bertz CT molecular complexity index is 615. The van der Waals surface area contributed by atoms with Crippen LogP contribution < -0.4 is 4.90 Å². The van der Waals surface area contributed by atoms with Crippen molar-refractivity contribution in [1.29, 1.82) is 0 Å². The molecule has 0 spiro atoms. The lowest BCUT2D eigenvalue weighted by atomic mass is 9.99. The summed E-state index contributed by atoms with van der Waals surface area (Å²) in [4.78, 5) is 19.9. The Kier molecular flexibility index (Phi) is 5.88. The molecule has 3 aliphatic heterocycles. The summed E-state index contributed by atoms with van der Waals surface area (Å²) in [6.07, 6.45) is 5.91. The molecule has 142 valence electrons. The molecule has 5 heteroatoms. The largest absolute Gasteiger partial charge is 0.379 e. The van der Waals surface area contributed by atoms with Crippen molar-refractivity contribution in [3.8, 4) is 0 Å². The Balaban J connectivity index is 1.33. The molecule has 4 rings (SSSR count). The van der Waals surface area contributed by atoms with Gasteiger partial charge < -0.3 is 9.64 Å². The zero-order valence-electron chi connectivity index (χ0n) is 15.7. The standard InChI is InChI=1S/C21H31N3O2/c25-21(24-12-8-18-5-1-2-7-20(18)24)17-23-10-4-3-6-19(23)9-11-22-13-15-26-16-14-22/h1-2,5,7,19H,3-4,6,8-17H2. The number of fused-ring (bicyclic) bond motifs is 1. The average Bonchev–Trinajstić information content (AvgIpc) is 3.12. The number of anilines is 1. The van der Waals surface area contributed by atoms with Crippen LogP contribution in [0.15, 0.2) is 24.3 Å². The van der Waals surface area contributed by atoms with E-state index in [1.54, 1.807) is 0 Å². The number of morpholine rings is 1. The summed E-state index contributed by atoms with van der Waals surface area (Å²) in [6, 6.07) is 8.89. The number of amides is 1. The molecular formula is C21H31N3O2. The van der Waals surface area contributed by atoms with E-state index in [0.717, 1.165) is 58.0 Å². The third kappa shape index (κ3) is 4.11. The molecule has 1 amide bonds. The van der Waals surface area contributed by atoms with E-state index in [2.05, 4.69) is 28.0 Å². The highest BCUT2D eigenvalue weighted by atomic mass is 16.5. The molecule has 0 bridgehead atoms. The van der Waals surface area contributed by atoms with Crippen molar-refractivity contribution in [3.05, 3.63) is 29.8 Å². The first-order valence-corrected chi connectivity index (χ1v) is 10.2. The summed E-state index contributed by atoms with van der Waals surface area (Å²) in [7, 11) is 0. The van der Waals surface area contributed by atoms with Gasteiger partial charge in [-0.2, -0.15) is 0 Å². The Labute approximate surface area is 156 Å². The number of carbonyl (C=O) groups is 1. The van der Waals surface area contributed by atoms with Crippen LogP contribution in [0.4, 0.5) is 5.69 Å². The normalized spacial score (nSPS) is 24.6. The summed E-state index contributed by atoms with van der Waals surface area (Å²) in [5.41, 5.74) is 2.43. The monoisotopic (exact) mass is 357 g/mol. The second-order valence-electron chi connectivity index (χ2n) is 7.79. The fourth-order valence-electron chi connectivity index (χ4n) is 4.61. The van der Waals surface area contributed by atoms with Gasteiger partial charge in [0.05, 0.1) is 19.8 Å². The topological polar surface area (TPSA) is 36.0 Å². The van der Waals surface area contributed by atoms with Gasteiger partial charge in [-0.05, 0) is 50.4 Å². The third-order valence-electron chi connectivity index (χ3n) is 6.16. The van der Waals surface area contributed by atoms with Crippen molar-refractivity contribution in [1.82, 2.24) is 9.80 Å². The maximum atomic E-state index is 13.0. The van der Waals surface area contributed by atoms with Crippen LogP contribution in [0, 0.1) is 0 Å². The first kappa shape index (κ1) is 18.0. The molecule has 0 aliphatic carbocycles. The van der Waals surface area contributed by atoms with E-state index in [1.165, 1.54) is 31.2 Å². The van der Waals surface area contributed by atoms with Gasteiger partial charge in [0.15, 0.2) is 0 Å². The predicted octanol–water partition coefficient (Wildman–Crippen LogP) is 2.15. The summed E-state index contributed by atoms with van der Waals surface area (Å²) < 4.78 is 5.45. The van der Waals surface area contributed by atoms with Crippen LogP contribution in [-0.4, -0.2) is 74.2 Å². The van der Waals surface area contributed by atoms with Crippen LogP contribution in [0.3, 0.4) is 0 Å². The molecule has 1 unspecified atom stereocenters. The molecule has 0 saturated carbocycles. The van der Waals surface area contributed by atoms with Crippen molar-refractivity contribution < 1.29 is 9.53 Å². The molecule has 2 saturated heterocycles. The highest BCUT2D eigenvalue weighted by Crippen LogP contribution is 2.28. The number of para-hydroxylation sites is 1. The minimum Gasteiger partial charge on any atom is -0.379 e. The molecule has 2 fully saturated rings. The lowest BCUT2D eigenvalue weighted by Crippen LogP contribution is -2.48. The van der Waals surface area contributed by atoms with E-state index >= 15 is 0 Å². The molecule has 26 heavy (non-hydrogen) atoms. The number of nitrogens with zero attached hydrogens (tertiary/aromatic N) is 3. The minimum atomic E-state index is 0.272. The number of likely N-dealkylation sites (tertiary alicyclic amines) is 1. The number of ether oxygens (including phenoxy) is 1. The molecule has 1 aromatic carbocycles. The van der Waals surface area contributed by atoms with E-state index in [9.17, 15) is 4.79 Å². The quantitative estimate of drug-likeness (QED) is 0.809. The second kappa shape index (κ2) is 8.51. The van der Waals surface area contributed by atoms with Gasteiger partial charge in [0.2, 0.25) is 5.91 Å². The van der Waals surface area contributed by atoms with Gasteiger partial charge in [0, 0.05) is 31.4 Å². The van der Waals surface area contributed by atoms with E-state index in [-0.39, 0.29) is 5.91 Å². The zero-order valence-corrected chi connectivity index (χ0v) is 15.7. The number of hydrogen-bond donors (Lipinski definition) is 0. The first-order chi connectivity index (χ1) is 12.8. The predicted molar refractivity (Wildman–Crippen MR) is 104 cm³/mol. The van der Waals surface area contributed by atoms with Gasteiger partial charge in [0.1, 0.15) is 0 Å². The Hall–Kier alpha value is -1.43. The van der Waals surface area contributed by atoms with E-state index < -0.39 is 0 Å². The van der Waals surface area contributed by atoms with Crippen LogP contribution in [0.1, 0.15) is 31.2 Å². The number of rotatable bonds is 5. The zero-order chi connectivity index (χ0) is 17.8. The minimum absolute atomic E-state index is 0.272. The average molecular weight is 357 g/mol. The fourth-order valence-corrected chi connectivity index (χ4v) is 4.61.